The number of phenols is 2. The highest BCUT2D eigenvalue weighted by Crippen LogP contribution is 2.03. The number of aromatic hydroxyl groups is 2. The smallest absolute Gasteiger partial charge is 0.115 e. The Bertz CT molecular complexity index is 358. The van der Waals surface area contributed by atoms with Gasteiger partial charge in [0.2, 0.25) is 0 Å². The minimum absolute atomic E-state index is 0.319. The van der Waals surface area contributed by atoms with Crippen molar-refractivity contribution in [3.8, 4) is 11.5 Å². The average molecular weight is 308 g/mol. The monoisotopic (exact) mass is 308 g/mol. The van der Waals surface area contributed by atoms with Gasteiger partial charge in [-0.25, -0.2) is 0 Å². The molecule has 124 valence electrons. The minimum atomic E-state index is 0.319. The van der Waals surface area contributed by atoms with Crippen molar-refractivity contribution in [1.82, 2.24) is 0 Å². The van der Waals surface area contributed by atoms with E-state index in [0.29, 0.717) is 24.7 Å². The lowest BCUT2D eigenvalue weighted by atomic mass is 10.3. The summed E-state index contributed by atoms with van der Waals surface area (Å²) < 4.78 is 0. The van der Waals surface area contributed by atoms with Crippen molar-refractivity contribution in [2.75, 3.05) is 13.2 Å². The van der Waals surface area contributed by atoms with Crippen LogP contribution in [0.15, 0.2) is 60.7 Å². The molecule has 0 unspecified atom stereocenters. The molecule has 0 saturated carbocycles. The van der Waals surface area contributed by atoms with Crippen molar-refractivity contribution in [3.05, 3.63) is 60.7 Å². The molecule has 4 nitrogen and oxygen atoms in total. The third-order valence-corrected chi connectivity index (χ3v) is 1.96. The predicted molar refractivity (Wildman–Crippen MR) is 91.0 cm³/mol. The second-order valence-corrected chi connectivity index (χ2v) is 4.12. The number of aliphatic hydroxyl groups excluding tert-OH is 2. The molecule has 2 rings (SSSR count). The molecule has 0 fully saturated rings. The van der Waals surface area contributed by atoms with Crippen LogP contribution in [0.5, 0.6) is 11.5 Å². The molecule has 2 aromatic carbocycles. The van der Waals surface area contributed by atoms with E-state index in [2.05, 4.69) is 0 Å². The molecular formula is C18H28O4. The summed E-state index contributed by atoms with van der Waals surface area (Å²) in [4.78, 5) is 0. The van der Waals surface area contributed by atoms with Crippen LogP contribution in [0.4, 0.5) is 0 Å². The summed E-state index contributed by atoms with van der Waals surface area (Å²) in [6, 6.07) is 17.4. The Morgan fingerprint density at radius 2 is 0.818 bits per heavy atom. The Kier molecular flexibility index (Phi) is 19.2. The molecule has 2 aromatic rings. The van der Waals surface area contributed by atoms with Crippen molar-refractivity contribution in [2.45, 2.75) is 26.7 Å². The molecule has 0 aromatic heterocycles. The zero-order valence-corrected chi connectivity index (χ0v) is 13.4. The van der Waals surface area contributed by atoms with Crippen molar-refractivity contribution < 1.29 is 20.4 Å². The minimum Gasteiger partial charge on any atom is -0.508 e. The highest BCUT2D eigenvalue weighted by atomic mass is 16.3. The fraction of sp³-hybridized carbons (Fsp3) is 0.333. The quantitative estimate of drug-likeness (QED) is 0.684. The third-order valence-electron chi connectivity index (χ3n) is 1.96. The van der Waals surface area contributed by atoms with Gasteiger partial charge in [0, 0.05) is 13.2 Å². The molecule has 22 heavy (non-hydrogen) atoms. The Labute approximate surface area is 133 Å². The Morgan fingerprint density at radius 1 is 0.591 bits per heavy atom. The van der Waals surface area contributed by atoms with Gasteiger partial charge in [-0.3, -0.25) is 0 Å². The Balaban J connectivity index is 0. The summed E-state index contributed by atoms with van der Waals surface area (Å²) in [5.74, 6) is 0.644. The van der Waals surface area contributed by atoms with Crippen LogP contribution in [0, 0.1) is 0 Å². The Hall–Kier alpha value is -2.04. The van der Waals surface area contributed by atoms with Gasteiger partial charge in [-0.1, -0.05) is 50.2 Å². The molecule has 0 saturated heterocycles. The number of rotatable bonds is 2. The first-order valence-electron chi connectivity index (χ1n) is 7.32. The maximum Gasteiger partial charge on any atom is 0.115 e. The first kappa shape index (κ1) is 22.2. The van der Waals surface area contributed by atoms with Crippen molar-refractivity contribution in [1.29, 1.82) is 0 Å². The molecule has 4 N–H and O–H groups in total. The molecule has 4 heteroatoms. The molecule has 0 heterocycles. The van der Waals surface area contributed by atoms with Gasteiger partial charge < -0.3 is 20.4 Å². The molecule has 0 aliphatic carbocycles. The van der Waals surface area contributed by atoms with Crippen LogP contribution in [0.1, 0.15) is 26.7 Å². The van der Waals surface area contributed by atoms with E-state index in [0.717, 1.165) is 12.8 Å². The zero-order chi connectivity index (χ0) is 17.1. The van der Waals surface area contributed by atoms with Gasteiger partial charge >= 0.3 is 0 Å². The number of phenolic OH excluding ortho intramolecular Hbond substituents is 2. The highest BCUT2D eigenvalue weighted by Gasteiger charge is 1.75. The van der Waals surface area contributed by atoms with Gasteiger partial charge in [-0.2, -0.15) is 0 Å². The average Bonchev–Trinajstić information content (AvgIpc) is 2.57. The van der Waals surface area contributed by atoms with Crippen LogP contribution in [0.2, 0.25) is 0 Å². The number of hydrogen-bond acceptors (Lipinski definition) is 4. The van der Waals surface area contributed by atoms with Crippen LogP contribution in [0.25, 0.3) is 0 Å². The second-order valence-electron chi connectivity index (χ2n) is 4.12. The standard InChI is InChI=1S/2C6H6O.2C3H8O/c2*7-6-4-2-1-3-5-6;2*1-2-3-4/h2*1-5,7H;2*4H,2-3H2,1H3. The van der Waals surface area contributed by atoms with Gasteiger partial charge in [0.05, 0.1) is 0 Å². The van der Waals surface area contributed by atoms with Crippen LogP contribution < -0.4 is 0 Å². The third kappa shape index (κ3) is 20.3. The van der Waals surface area contributed by atoms with Gasteiger partial charge in [0.25, 0.3) is 0 Å². The van der Waals surface area contributed by atoms with E-state index in [1.165, 1.54) is 0 Å². The first-order chi connectivity index (χ1) is 10.6. The van der Waals surface area contributed by atoms with Gasteiger partial charge in [-0.05, 0) is 37.1 Å². The van der Waals surface area contributed by atoms with Crippen LogP contribution in [-0.2, 0) is 0 Å². The van der Waals surface area contributed by atoms with Crippen LogP contribution in [-0.4, -0.2) is 33.6 Å². The van der Waals surface area contributed by atoms with E-state index in [-0.39, 0.29) is 0 Å². The molecule has 0 atom stereocenters. The molecule has 0 amide bonds. The summed E-state index contributed by atoms with van der Waals surface area (Å²) in [5.41, 5.74) is 0. The van der Waals surface area contributed by atoms with Crippen LogP contribution in [0.3, 0.4) is 0 Å². The molecular weight excluding hydrogens is 280 g/mol. The van der Waals surface area contributed by atoms with E-state index in [1.807, 2.05) is 26.0 Å². The molecule has 0 spiro atoms. The number of aliphatic hydroxyl groups is 2. The summed E-state index contributed by atoms with van der Waals surface area (Å²) in [7, 11) is 0. The van der Waals surface area contributed by atoms with Gasteiger partial charge in [0.1, 0.15) is 11.5 Å². The lowest BCUT2D eigenvalue weighted by Crippen LogP contribution is -1.69. The normalized spacial score (nSPS) is 8.18. The van der Waals surface area contributed by atoms with Crippen LogP contribution >= 0.6 is 0 Å². The first-order valence-corrected chi connectivity index (χ1v) is 7.32. The second kappa shape index (κ2) is 19.0. The summed E-state index contributed by atoms with van der Waals surface area (Å²) in [6.07, 6.45) is 1.75. The maximum atomic E-state index is 8.63. The maximum absolute atomic E-state index is 8.63. The van der Waals surface area contributed by atoms with E-state index in [4.69, 9.17) is 20.4 Å². The van der Waals surface area contributed by atoms with Gasteiger partial charge in [0.15, 0.2) is 0 Å². The number of benzene rings is 2. The molecule has 0 radical (unpaired) electrons. The predicted octanol–water partition coefficient (Wildman–Crippen LogP) is 3.56. The number of hydrogen-bond donors (Lipinski definition) is 4. The Morgan fingerprint density at radius 3 is 0.909 bits per heavy atom. The molecule has 0 aliphatic heterocycles. The highest BCUT2D eigenvalue weighted by molar-refractivity contribution is 5.19. The van der Waals surface area contributed by atoms with Crippen molar-refractivity contribution in [3.63, 3.8) is 0 Å². The van der Waals surface area contributed by atoms with Crippen molar-refractivity contribution >= 4 is 0 Å². The summed E-state index contributed by atoms with van der Waals surface area (Å²) in [6.45, 7) is 4.50. The van der Waals surface area contributed by atoms with Crippen molar-refractivity contribution in [2.24, 2.45) is 0 Å². The summed E-state index contributed by atoms with van der Waals surface area (Å²) >= 11 is 0. The van der Waals surface area contributed by atoms with E-state index in [9.17, 15) is 0 Å². The van der Waals surface area contributed by atoms with E-state index < -0.39 is 0 Å². The number of para-hydroxylation sites is 2. The molecule has 0 aliphatic rings. The molecule has 0 bridgehead atoms. The van der Waals surface area contributed by atoms with Gasteiger partial charge in [-0.15, -0.1) is 0 Å². The van der Waals surface area contributed by atoms with E-state index >= 15 is 0 Å². The lowest BCUT2D eigenvalue weighted by Gasteiger charge is -1.82. The SMILES string of the molecule is CCCO.CCCO.Oc1ccccc1.Oc1ccccc1. The topological polar surface area (TPSA) is 80.9 Å². The fourth-order valence-corrected chi connectivity index (χ4v) is 0.856. The summed E-state index contributed by atoms with van der Waals surface area (Å²) in [5, 5.41) is 33.0. The lowest BCUT2D eigenvalue weighted by molar-refractivity contribution is 0.294. The zero-order valence-electron chi connectivity index (χ0n) is 13.4. The largest absolute Gasteiger partial charge is 0.508 e. The van der Waals surface area contributed by atoms with E-state index in [1.54, 1.807) is 48.5 Å². The fourth-order valence-electron chi connectivity index (χ4n) is 0.856.